The summed E-state index contributed by atoms with van der Waals surface area (Å²) in [6.07, 6.45) is 2.40. The van der Waals surface area contributed by atoms with Gasteiger partial charge in [0.15, 0.2) is 0 Å². The van der Waals surface area contributed by atoms with E-state index in [2.05, 4.69) is 12.2 Å². The lowest BCUT2D eigenvalue weighted by Crippen LogP contribution is -2.15. The minimum Gasteiger partial charge on any atom is -0.313 e. The largest absolute Gasteiger partial charge is 0.313 e. The van der Waals surface area contributed by atoms with E-state index in [0.29, 0.717) is 0 Å². The molecule has 1 aromatic carbocycles. The summed E-state index contributed by atoms with van der Waals surface area (Å²) in [7, 11) is 0. The fourth-order valence-corrected chi connectivity index (χ4v) is 1.38. The van der Waals surface area contributed by atoms with Crippen LogP contribution in [0.2, 0.25) is 0 Å². The van der Waals surface area contributed by atoms with Crippen LogP contribution in [0.1, 0.15) is 30.9 Å². The number of hydrogen-bond acceptors (Lipinski definition) is 1. The van der Waals surface area contributed by atoms with Crippen LogP contribution in [0, 0.1) is 12.7 Å². The third-order valence-corrected chi connectivity index (χ3v) is 2.33. The van der Waals surface area contributed by atoms with E-state index in [1.165, 1.54) is 24.5 Å². The predicted octanol–water partition coefficient (Wildman–Crippen LogP) is 3.02. The summed E-state index contributed by atoms with van der Waals surface area (Å²) in [4.78, 5) is 0. The molecule has 1 nitrogen and oxygen atoms in total. The first-order valence-corrected chi connectivity index (χ1v) is 5.19. The van der Waals surface area contributed by atoms with Crippen LogP contribution in [-0.4, -0.2) is 6.54 Å². The molecule has 0 saturated carbocycles. The van der Waals surface area contributed by atoms with Crippen molar-refractivity contribution in [3.8, 4) is 0 Å². The highest BCUT2D eigenvalue weighted by Crippen LogP contribution is 2.09. The van der Waals surface area contributed by atoms with Gasteiger partial charge in [0.25, 0.3) is 0 Å². The van der Waals surface area contributed by atoms with Gasteiger partial charge in [-0.1, -0.05) is 19.4 Å². The maximum Gasteiger partial charge on any atom is 0.123 e. The zero-order valence-electron chi connectivity index (χ0n) is 8.94. The number of unbranched alkanes of at least 4 members (excludes halogenated alkanes) is 1. The van der Waals surface area contributed by atoms with Gasteiger partial charge in [-0.15, -0.1) is 0 Å². The molecule has 0 unspecified atom stereocenters. The van der Waals surface area contributed by atoms with Gasteiger partial charge in [0.1, 0.15) is 5.82 Å². The average molecular weight is 195 g/mol. The second-order valence-corrected chi connectivity index (χ2v) is 3.60. The van der Waals surface area contributed by atoms with Crippen molar-refractivity contribution in [3.05, 3.63) is 35.1 Å². The van der Waals surface area contributed by atoms with Crippen LogP contribution < -0.4 is 5.32 Å². The average Bonchev–Trinajstić information content (AvgIpc) is 2.15. The Bertz CT molecular complexity index is 284. The molecule has 0 aromatic heterocycles. The van der Waals surface area contributed by atoms with E-state index in [1.807, 2.05) is 13.0 Å². The molecule has 1 aromatic rings. The fraction of sp³-hybridized carbons (Fsp3) is 0.500. The zero-order chi connectivity index (χ0) is 10.4. The van der Waals surface area contributed by atoms with Crippen molar-refractivity contribution in [2.45, 2.75) is 33.2 Å². The summed E-state index contributed by atoms with van der Waals surface area (Å²) in [5.41, 5.74) is 2.21. The summed E-state index contributed by atoms with van der Waals surface area (Å²) in [5, 5.41) is 3.34. The van der Waals surface area contributed by atoms with Crippen molar-refractivity contribution in [3.63, 3.8) is 0 Å². The highest BCUT2D eigenvalue weighted by molar-refractivity contribution is 5.26. The summed E-state index contributed by atoms with van der Waals surface area (Å²) in [5.74, 6) is -0.153. The lowest BCUT2D eigenvalue weighted by atomic mass is 10.1. The van der Waals surface area contributed by atoms with Gasteiger partial charge in [0.05, 0.1) is 0 Å². The van der Waals surface area contributed by atoms with E-state index in [0.717, 1.165) is 18.7 Å². The van der Waals surface area contributed by atoms with Crippen molar-refractivity contribution >= 4 is 0 Å². The van der Waals surface area contributed by atoms with Crippen molar-refractivity contribution in [1.82, 2.24) is 5.32 Å². The van der Waals surface area contributed by atoms with Gasteiger partial charge in [-0.05, 0) is 43.1 Å². The van der Waals surface area contributed by atoms with Crippen molar-refractivity contribution in [2.75, 3.05) is 6.54 Å². The molecule has 78 valence electrons. The molecule has 14 heavy (non-hydrogen) atoms. The fourth-order valence-electron chi connectivity index (χ4n) is 1.38. The Kier molecular flexibility index (Phi) is 4.60. The first-order chi connectivity index (χ1) is 6.74. The molecule has 0 bridgehead atoms. The van der Waals surface area contributed by atoms with Crippen LogP contribution in [0.3, 0.4) is 0 Å². The van der Waals surface area contributed by atoms with Crippen molar-refractivity contribution in [2.24, 2.45) is 0 Å². The molecule has 1 rings (SSSR count). The predicted molar refractivity (Wildman–Crippen MR) is 57.8 cm³/mol. The number of hydrogen-bond donors (Lipinski definition) is 1. The Hall–Kier alpha value is -0.890. The Morgan fingerprint density at radius 2 is 2.14 bits per heavy atom. The van der Waals surface area contributed by atoms with E-state index in [1.54, 1.807) is 6.07 Å². The smallest absolute Gasteiger partial charge is 0.123 e. The first kappa shape index (κ1) is 11.2. The minimum absolute atomic E-state index is 0.153. The maximum atomic E-state index is 12.8. The second kappa shape index (κ2) is 5.76. The molecule has 0 amide bonds. The molecule has 0 aliphatic carbocycles. The van der Waals surface area contributed by atoms with Gasteiger partial charge in [0, 0.05) is 6.54 Å². The van der Waals surface area contributed by atoms with Crippen molar-refractivity contribution < 1.29 is 4.39 Å². The van der Waals surface area contributed by atoms with Gasteiger partial charge in [-0.25, -0.2) is 4.39 Å². The van der Waals surface area contributed by atoms with Crippen LogP contribution in [0.25, 0.3) is 0 Å². The standard InChI is InChI=1S/C12H18FN/c1-3-4-7-14-9-11-5-6-12(13)8-10(11)2/h5-6,8,14H,3-4,7,9H2,1-2H3. The molecule has 0 fully saturated rings. The molecular weight excluding hydrogens is 177 g/mol. The Labute approximate surface area is 85.3 Å². The summed E-state index contributed by atoms with van der Waals surface area (Å²) in [6.45, 7) is 5.99. The summed E-state index contributed by atoms with van der Waals surface area (Å²) >= 11 is 0. The topological polar surface area (TPSA) is 12.0 Å². The molecule has 0 aliphatic rings. The molecule has 0 atom stereocenters. The SMILES string of the molecule is CCCCNCc1ccc(F)cc1C. The molecule has 0 saturated heterocycles. The normalized spacial score (nSPS) is 10.5. The van der Waals surface area contributed by atoms with Crippen LogP contribution in [0.5, 0.6) is 0 Å². The monoisotopic (exact) mass is 195 g/mol. The van der Waals surface area contributed by atoms with Crippen LogP contribution in [-0.2, 0) is 6.54 Å². The van der Waals surface area contributed by atoms with Crippen molar-refractivity contribution in [1.29, 1.82) is 0 Å². The van der Waals surface area contributed by atoms with E-state index >= 15 is 0 Å². The highest BCUT2D eigenvalue weighted by atomic mass is 19.1. The minimum atomic E-state index is -0.153. The maximum absolute atomic E-state index is 12.8. The highest BCUT2D eigenvalue weighted by Gasteiger charge is 1.98. The summed E-state index contributed by atoms with van der Waals surface area (Å²) in [6, 6.07) is 4.95. The van der Waals surface area contributed by atoms with Gasteiger partial charge >= 0.3 is 0 Å². The van der Waals surface area contributed by atoms with E-state index in [4.69, 9.17) is 0 Å². The zero-order valence-corrected chi connectivity index (χ0v) is 8.94. The molecule has 0 radical (unpaired) electrons. The van der Waals surface area contributed by atoms with Crippen LogP contribution in [0.4, 0.5) is 4.39 Å². The van der Waals surface area contributed by atoms with Crippen LogP contribution >= 0.6 is 0 Å². The van der Waals surface area contributed by atoms with E-state index < -0.39 is 0 Å². The van der Waals surface area contributed by atoms with E-state index in [9.17, 15) is 4.39 Å². The Morgan fingerprint density at radius 3 is 2.79 bits per heavy atom. The third-order valence-electron chi connectivity index (χ3n) is 2.33. The number of halogens is 1. The van der Waals surface area contributed by atoms with Gasteiger partial charge in [-0.2, -0.15) is 0 Å². The third kappa shape index (κ3) is 3.46. The quantitative estimate of drug-likeness (QED) is 0.712. The lowest BCUT2D eigenvalue weighted by Gasteiger charge is -2.07. The van der Waals surface area contributed by atoms with Gasteiger partial charge in [0.2, 0.25) is 0 Å². The van der Waals surface area contributed by atoms with E-state index in [-0.39, 0.29) is 5.82 Å². The molecule has 0 spiro atoms. The lowest BCUT2D eigenvalue weighted by molar-refractivity contribution is 0.619. The molecule has 0 heterocycles. The molecule has 1 N–H and O–H groups in total. The van der Waals surface area contributed by atoms with Gasteiger partial charge < -0.3 is 5.32 Å². The van der Waals surface area contributed by atoms with Crippen LogP contribution in [0.15, 0.2) is 18.2 Å². The molecular formula is C12H18FN. The Morgan fingerprint density at radius 1 is 1.36 bits per heavy atom. The number of aryl methyl sites for hydroxylation is 1. The summed E-state index contributed by atoms with van der Waals surface area (Å²) < 4.78 is 12.8. The molecule has 2 heteroatoms. The molecule has 0 aliphatic heterocycles. The first-order valence-electron chi connectivity index (χ1n) is 5.19. The van der Waals surface area contributed by atoms with Gasteiger partial charge in [-0.3, -0.25) is 0 Å². The second-order valence-electron chi connectivity index (χ2n) is 3.60. The number of rotatable bonds is 5. The Balaban J connectivity index is 2.42. The number of nitrogens with one attached hydrogen (secondary N) is 1. The number of benzene rings is 1.